The van der Waals surface area contributed by atoms with Crippen LogP contribution in [0.4, 0.5) is 0 Å². The molecular formula is C16H26N2O. The molecule has 3 nitrogen and oxygen atoms in total. The molecule has 3 heteroatoms. The molecule has 1 unspecified atom stereocenters. The molecule has 0 bridgehead atoms. The summed E-state index contributed by atoms with van der Waals surface area (Å²) < 4.78 is 5.40. The molecule has 0 aliphatic carbocycles. The summed E-state index contributed by atoms with van der Waals surface area (Å²) in [5.74, 6) is 1.00. The van der Waals surface area contributed by atoms with Crippen molar-refractivity contribution in [2.45, 2.75) is 38.6 Å². The van der Waals surface area contributed by atoms with Crippen LogP contribution < -0.4 is 15.4 Å². The minimum absolute atomic E-state index is 0.737. The quantitative estimate of drug-likeness (QED) is 0.740. The average Bonchev–Trinajstić information content (AvgIpc) is 2.92. The molecule has 1 aliphatic heterocycles. The minimum atomic E-state index is 0.737. The first kappa shape index (κ1) is 14.4. The van der Waals surface area contributed by atoms with Crippen LogP contribution in [-0.2, 0) is 6.42 Å². The van der Waals surface area contributed by atoms with Crippen LogP contribution in [0.15, 0.2) is 18.2 Å². The Kier molecular flexibility index (Phi) is 5.67. The SMILES string of the molecule is COc1ccc(C)cc1CCNCCC1CCCN1. The number of nitrogens with one attached hydrogen (secondary N) is 2. The molecule has 0 amide bonds. The van der Waals surface area contributed by atoms with Crippen molar-refractivity contribution in [3.8, 4) is 5.75 Å². The van der Waals surface area contributed by atoms with Gasteiger partial charge in [0.15, 0.2) is 0 Å². The maximum Gasteiger partial charge on any atom is 0.122 e. The first-order chi connectivity index (χ1) is 9.29. The minimum Gasteiger partial charge on any atom is -0.496 e. The lowest BCUT2D eigenvalue weighted by Gasteiger charge is -2.12. The lowest BCUT2D eigenvalue weighted by molar-refractivity contribution is 0.408. The molecule has 0 aromatic heterocycles. The molecule has 1 aromatic carbocycles. The van der Waals surface area contributed by atoms with Crippen LogP contribution in [0.5, 0.6) is 5.75 Å². The fourth-order valence-electron chi connectivity index (χ4n) is 2.73. The molecule has 1 fully saturated rings. The van der Waals surface area contributed by atoms with Gasteiger partial charge in [0.05, 0.1) is 7.11 Å². The summed E-state index contributed by atoms with van der Waals surface area (Å²) in [6.45, 7) is 5.45. The lowest BCUT2D eigenvalue weighted by Crippen LogP contribution is -2.28. The average molecular weight is 262 g/mol. The second-order valence-corrected chi connectivity index (χ2v) is 5.40. The highest BCUT2D eigenvalue weighted by Gasteiger charge is 2.12. The molecule has 1 atom stereocenters. The van der Waals surface area contributed by atoms with E-state index in [1.165, 1.54) is 36.9 Å². The Morgan fingerprint density at radius 1 is 1.37 bits per heavy atom. The zero-order valence-electron chi connectivity index (χ0n) is 12.2. The highest BCUT2D eigenvalue weighted by atomic mass is 16.5. The molecule has 1 heterocycles. The summed E-state index contributed by atoms with van der Waals surface area (Å²) in [5.41, 5.74) is 2.60. The van der Waals surface area contributed by atoms with Crippen LogP contribution in [0.1, 0.15) is 30.4 Å². The number of hydrogen-bond acceptors (Lipinski definition) is 3. The second-order valence-electron chi connectivity index (χ2n) is 5.40. The molecular weight excluding hydrogens is 236 g/mol. The van der Waals surface area contributed by atoms with Gasteiger partial charge in [0.25, 0.3) is 0 Å². The van der Waals surface area contributed by atoms with Crippen LogP contribution in [-0.4, -0.2) is 32.8 Å². The van der Waals surface area contributed by atoms with E-state index in [1.54, 1.807) is 7.11 Å². The molecule has 0 saturated carbocycles. The number of methoxy groups -OCH3 is 1. The number of ether oxygens (including phenoxy) is 1. The predicted octanol–water partition coefficient (Wildman–Crippen LogP) is 2.28. The third-order valence-electron chi connectivity index (χ3n) is 3.84. The predicted molar refractivity (Wildman–Crippen MR) is 79.9 cm³/mol. The summed E-state index contributed by atoms with van der Waals surface area (Å²) in [6, 6.07) is 7.12. The van der Waals surface area contributed by atoms with Gasteiger partial charge in [-0.15, -0.1) is 0 Å². The van der Waals surface area contributed by atoms with Crippen LogP contribution in [0, 0.1) is 6.92 Å². The van der Waals surface area contributed by atoms with E-state index in [0.29, 0.717) is 0 Å². The molecule has 1 aromatic rings. The molecule has 0 radical (unpaired) electrons. The normalized spacial score (nSPS) is 18.7. The van der Waals surface area contributed by atoms with Crippen LogP contribution in [0.2, 0.25) is 0 Å². The Hall–Kier alpha value is -1.06. The smallest absolute Gasteiger partial charge is 0.122 e. The molecule has 0 spiro atoms. The standard InChI is InChI=1S/C16H26N2O/c1-13-5-6-16(19-2)14(12-13)7-10-17-11-8-15-4-3-9-18-15/h5-6,12,15,17-18H,3-4,7-11H2,1-2H3. The van der Waals surface area contributed by atoms with Gasteiger partial charge in [0, 0.05) is 6.04 Å². The number of benzene rings is 1. The van der Waals surface area contributed by atoms with E-state index in [9.17, 15) is 0 Å². The maximum atomic E-state index is 5.40. The van der Waals surface area contributed by atoms with E-state index < -0.39 is 0 Å². The monoisotopic (exact) mass is 262 g/mol. The van der Waals surface area contributed by atoms with Crippen molar-refractivity contribution in [1.82, 2.24) is 10.6 Å². The van der Waals surface area contributed by atoms with Gasteiger partial charge in [0.2, 0.25) is 0 Å². The number of hydrogen-bond donors (Lipinski definition) is 2. The maximum absolute atomic E-state index is 5.40. The molecule has 1 aliphatic rings. The highest BCUT2D eigenvalue weighted by Crippen LogP contribution is 2.19. The van der Waals surface area contributed by atoms with Gasteiger partial charge in [-0.1, -0.05) is 17.7 Å². The van der Waals surface area contributed by atoms with Gasteiger partial charge in [0.1, 0.15) is 5.75 Å². The van der Waals surface area contributed by atoms with Gasteiger partial charge in [-0.25, -0.2) is 0 Å². The molecule has 2 rings (SSSR count). The van der Waals surface area contributed by atoms with Crippen molar-refractivity contribution in [3.05, 3.63) is 29.3 Å². The van der Waals surface area contributed by atoms with E-state index in [4.69, 9.17) is 4.74 Å². The summed E-state index contributed by atoms with van der Waals surface area (Å²) >= 11 is 0. The Morgan fingerprint density at radius 2 is 2.26 bits per heavy atom. The van der Waals surface area contributed by atoms with Crippen LogP contribution in [0.25, 0.3) is 0 Å². The number of aryl methyl sites for hydroxylation is 1. The van der Waals surface area contributed by atoms with E-state index in [1.807, 2.05) is 0 Å². The van der Waals surface area contributed by atoms with Crippen molar-refractivity contribution >= 4 is 0 Å². The fraction of sp³-hybridized carbons (Fsp3) is 0.625. The Bertz CT molecular complexity index is 386. The van der Waals surface area contributed by atoms with Gasteiger partial charge in [-0.05, 0) is 63.9 Å². The van der Waals surface area contributed by atoms with Crippen molar-refractivity contribution in [1.29, 1.82) is 0 Å². The van der Waals surface area contributed by atoms with Crippen molar-refractivity contribution in [2.24, 2.45) is 0 Å². The topological polar surface area (TPSA) is 33.3 Å². The Labute approximate surface area is 116 Å². The zero-order chi connectivity index (χ0) is 13.5. The largest absolute Gasteiger partial charge is 0.496 e. The van der Waals surface area contributed by atoms with Crippen LogP contribution in [0.3, 0.4) is 0 Å². The summed E-state index contributed by atoms with van der Waals surface area (Å²) in [6.07, 6.45) is 4.95. The molecule has 1 saturated heterocycles. The summed E-state index contributed by atoms with van der Waals surface area (Å²) in [7, 11) is 1.74. The second kappa shape index (κ2) is 7.51. The summed E-state index contributed by atoms with van der Waals surface area (Å²) in [4.78, 5) is 0. The lowest BCUT2D eigenvalue weighted by atomic mass is 10.1. The third-order valence-corrected chi connectivity index (χ3v) is 3.84. The van der Waals surface area contributed by atoms with Crippen molar-refractivity contribution in [2.75, 3.05) is 26.7 Å². The first-order valence-corrected chi connectivity index (χ1v) is 7.37. The molecule has 106 valence electrons. The Balaban J connectivity index is 1.68. The van der Waals surface area contributed by atoms with Crippen molar-refractivity contribution < 1.29 is 4.74 Å². The third kappa shape index (κ3) is 4.51. The van der Waals surface area contributed by atoms with Crippen molar-refractivity contribution in [3.63, 3.8) is 0 Å². The summed E-state index contributed by atoms with van der Waals surface area (Å²) in [5, 5.41) is 7.07. The Morgan fingerprint density at radius 3 is 3.00 bits per heavy atom. The number of rotatable bonds is 7. The fourth-order valence-corrected chi connectivity index (χ4v) is 2.73. The van der Waals surface area contributed by atoms with E-state index in [2.05, 4.69) is 35.8 Å². The first-order valence-electron chi connectivity index (χ1n) is 7.37. The van der Waals surface area contributed by atoms with Gasteiger partial charge >= 0.3 is 0 Å². The zero-order valence-corrected chi connectivity index (χ0v) is 12.2. The van der Waals surface area contributed by atoms with Gasteiger partial charge < -0.3 is 15.4 Å². The van der Waals surface area contributed by atoms with E-state index in [0.717, 1.165) is 31.3 Å². The van der Waals surface area contributed by atoms with Gasteiger partial charge in [-0.2, -0.15) is 0 Å². The van der Waals surface area contributed by atoms with Crippen LogP contribution >= 0.6 is 0 Å². The van der Waals surface area contributed by atoms with Gasteiger partial charge in [-0.3, -0.25) is 0 Å². The highest BCUT2D eigenvalue weighted by molar-refractivity contribution is 5.37. The molecule has 19 heavy (non-hydrogen) atoms. The molecule has 2 N–H and O–H groups in total. The van der Waals surface area contributed by atoms with E-state index in [-0.39, 0.29) is 0 Å². The van der Waals surface area contributed by atoms with E-state index >= 15 is 0 Å².